The molecule has 0 amide bonds. The molecular weight excluding hydrogens is 369 g/mol. The number of aromatic nitrogens is 2. The molecule has 0 unspecified atom stereocenters. The van der Waals surface area contributed by atoms with Gasteiger partial charge < -0.3 is 15.7 Å². The number of nitrogens with zero attached hydrogens (tertiary/aromatic N) is 4. The second-order valence-electron chi connectivity index (χ2n) is 7.27. The molecular formula is C22H22FN5O. The molecule has 6 nitrogen and oxygen atoms in total. The van der Waals surface area contributed by atoms with E-state index in [0.717, 1.165) is 37.3 Å². The van der Waals surface area contributed by atoms with Gasteiger partial charge in [0, 0.05) is 37.0 Å². The van der Waals surface area contributed by atoms with Gasteiger partial charge in [0.25, 0.3) is 0 Å². The van der Waals surface area contributed by atoms with Crippen molar-refractivity contribution in [3.63, 3.8) is 0 Å². The van der Waals surface area contributed by atoms with Crippen molar-refractivity contribution in [2.24, 2.45) is 5.92 Å². The number of halogens is 1. The Balaban J connectivity index is 1.61. The molecule has 29 heavy (non-hydrogen) atoms. The number of nitrogens with two attached hydrogens (primary N) is 1. The molecule has 7 heteroatoms. The molecule has 0 aliphatic carbocycles. The second-order valence-corrected chi connectivity index (χ2v) is 7.27. The van der Waals surface area contributed by atoms with Crippen molar-refractivity contribution in [2.75, 3.05) is 30.3 Å². The highest BCUT2D eigenvalue weighted by molar-refractivity contribution is 5.68. The van der Waals surface area contributed by atoms with E-state index in [1.54, 1.807) is 16.8 Å². The van der Waals surface area contributed by atoms with E-state index in [2.05, 4.69) is 14.8 Å². The van der Waals surface area contributed by atoms with Crippen LogP contribution in [0.4, 0.5) is 21.6 Å². The lowest BCUT2D eigenvalue weighted by atomic mass is 9.97. The predicted molar refractivity (Wildman–Crippen MR) is 112 cm³/mol. The lowest BCUT2D eigenvalue weighted by Crippen LogP contribution is -2.34. The number of aliphatic hydroxyl groups excluding tert-OH is 1. The molecule has 1 saturated heterocycles. The Kier molecular flexibility index (Phi) is 5.19. The quantitative estimate of drug-likeness (QED) is 0.659. The smallest absolute Gasteiger partial charge is 0.222 e. The minimum Gasteiger partial charge on any atom is -0.396 e. The molecule has 2 aromatic carbocycles. The molecule has 0 atom stereocenters. The Bertz CT molecular complexity index is 1050. The number of nitrogen functional groups attached to an aromatic ring is 1. The highest BCUT2D eigenvalue weighted by Crippen LogP contribution is 2.30. The molecule has 1 aliphatic rings. The Hall–Kier alpha value is -3.37. The van der Waals surface area contributed by atoms with Crippen molar-refractivity contribution in [1.29, 1.82) is 0 Å². The third kappa shape index (κ3) is 3.80. The maximum atomic E-state index is 14.1. The third-order valence-corrected chi connectivity index (χ3v) is 5.42. The summed E-state index contributed by atoms with van der Waals surface area (Å²) in [6.07, 6.45) is 1.98. The third-order valence-electron chi connectivity index (χ3n) is 5.42. The van der Waals surface area contributed by atoms with Gasteiger partial charge in [-0.2, -0.15) is 5.10 Å². The van der Waals surface area contributed by atoms with Crippen LogP contribution in [0.1, 0.15) is 12.8 Å². The Morgan fingerprint density at radius 3 is 2.41 bits per heavy atom. The Morgan fingerprint density at radius 1 is 1.10 bits per heavy atom. The van der Waals surface area contributed by atoms with Crippen LogP contribution in [-0.4, -0.2) is 34.6 Å². The molecule has 1 aliphatic heterocycles. The van der Waals surface area contributed by atoms with Crippen molar-refractivity contribution in [1.82, 2.24) is 9.78 Å². The highest BCUT2D eigenvalue weighted by atomic mass is 19.1. The van der Waals surface area contributed by atoms with E-state index >= 15 is 0 Å². The van der Waals surface area contributed by atoms with Gasteiger partial charge >= 0.3 is 0 Å². The van der Waals surface area contributed by atoms with Gasteiger partial charge in [0.1, 0.15) is 11.6 Å². The Morgan fingerprint density at radius 2 is 1.79 bits per heavy atom. The first-order chi connectivity index (χ1) is 14.1. The largest absolute Gasteiger partial charge is 0.396 e. The molecule has 0 spiro atoms. The summed E-state index contributed by atoms with van der Waals surface area (Å²) >= 11 is 0. The van der Waals surface area contributed by atoms with Crippen LogP contribution in [-0.2, 0) is 0 Å². The zero-order valence-corrected chi connectivity index (χ0v) is 15.9. The molecule has 0 radical (unpaired) electrons. The molecule has 1 aromatic heterocycles. The number of hydrogen-bond acceptors (Lipinski definition) is 4. The maximum Gasteiger partial charge on any atom is 0.222 e. The maximum absolute atomic E-state index is 14.1. The second kappa shape index (κ2) is 7.94. The Labute approximate surface area is 168 Å². The average Bonchev–Trinajstić information content (AvgIpc) is 3.15. The normalized spacial score (nSPS) is 14.7. The molecule has 2 heterocycles. The summed E-state index contributed by atoms with van der Waals surface area (Å²) in [5, 5.41) is 13.7. The van der Waals surface area contributed by atoms with Gasteiger partial charge in [0.2, 0.25) is 5.69 Å². The SMILES string of the molecule is [C-]#[N+]c1ccc(-c2cc(N)nn2-c2ccc(N3CCC(CO)CC3)cc2)cc1F. The van der Waals surface area contributed by atoms with E-state index in [1.165, 1.54) is 12.1 Å². The molecule has 0 bridgehead atoms. The van der Waals surface area contributed by atoms with Gasteiger partial charge in [-0.1, -0.05) is 12.1 Å². The summed E-state index contributed by atoms with van der Waals surface area (Å²) in [5.74, 6) is 0.171. The van der Waals surface area contributed by atoms with Crippen molar-refractivity contribution in [3.8, 4) is 16.9 Å². The summed E-state index contributed by atoms with van der Waals surface area (Å²) in [7, 11) is 0. The highest BCUT2D eigenvalue weighted by Gasteiger charge is 2.19. The van der Waals surface area contributed by atoms with E-state index in [0.29, 0.717) is 23.0 Å². The van der Waals surface area contributed by atoms with Gasteiger partial charge in [0.05, 0.1) is 18.0 Å². The molecule has 3 aromatic rings. The number of aliphatic hydroxyl groups is 1. The van der Waals surface area contributed by atoms with Gasteiger partial charge in [-0.25, -0.2) is 13.9 Å². The van der Waals surface area contributed by atoms with Crippen molar-refractivity contribution in [2.45, 2.75) is 12.8 Å². The average molecular weight is 391 g/mol. The molecule has 148 valence electrons. The van der Waals surface area contributed by atoms with Crippen LogP contribution in [0.5, 0.6) is 0 Å². The van der Waals surface area contributed by atoms with Gasteiger partial charge in [-0.3, -0.25) is 0 Å². The summed E-state index contributed by atoms with van der Waals surface area (Å²) in [6, 6.07) is 14.2. The number of rotatable bonds is 4. The fourth-order valence-electron chi connectivity index (χ4n) is 3.74. The minimum absolute atomic E-state index is 0.0119. The van der Waals surface area contributed by atoms with Crippen LogP contribution in [0.25, 0.3) is 21.8 Å². The number of piperidine rings is 1. The molecule has 0 saturated carbocycles. The predicted octanol–water partition coefficient (Wildman–Crippen LogP) is 4.02. The number of hydrogen-bond donors (Lipinski definition) is 2. The first kappa shape index (κ1) is 19.0. The summed E-state index contributed by atoms with van der Waals surface area (Å²) in [5.41, 5.74) is 9.12. The summed E-state index contributed by atoms with van der Waals surface area (Å²) in [6.45, 7) is 9.11. The van der Waals surface area contributed by atoms with Crippen LogP contribution in [0, 0.1) is 18.3 Å². The zero-order chi connectivity index (χ0) is 20.4. The van der Waals surface area contributed by atoms with E-state index < -0.39 is 5.82 Å². The molecule has 3 N–H and O–H groups in total. The van der Waals surface area contributed by atoms with E-state index in [-0.39, 0.29) is 12.3 Å². The van der Waals surface area contributed by atoms with Gasteiger partial charge in [-0.15, -0.1) is 0 Å². The lowest BCUT2D eigenvalue weighted by Gasteiger charge is -2.33. The van der Waals surface area contributed by atoms with Crippen LogP contribution in [0.2, 0.25) is 0 Å². The fraction of sp³-hybridized carbons (Fsp3) is 0.273. The fourth-order valence-corrected chi connectivity index (χ4v) is 3.74. The first-order valence-electron chi connectivity index (χ1n) is 9.58. The standard InChI is InChI=1S/C22H22FN5O/c1-25-20-7-2-16(12-19(20)23)21-13-22(24)26-28(21)18-5-3-17(4-6-18)27-10-8-15(14-29)9-11-27/h2-7,12-13,15,29H,8-11,14H2,(H2,24,26). The van der Waals surface area contributed by atoms with Crippen molar-refractivity contribution >= 4 is 17.2 Å². The minimum atomic E-state index is -0.564. The van der Waals surface area contributed by atoms with Gasteiger partial charge in [0.15, 0.2) is 0 Å². The molecule has 1 fully saturated rings. The zero-order valence-electron chi connectivity index (χ0n) is 15.9. The van der Waals surface area contributed by atoms with Crippen molar-refractivity contribution < 1.29 is 9.50 Å². The van der Waals surface area contributed by atoms with E-state index in [1.807, 2.05) is 24.3 Å². The molecule has 4 rings (SSSR count). The van der Waals surface area contributed by atoms with Crippen molar-refractivity contribution in [3.05, 3.63) is 65.8 Å². The summed E-state index contributed by atoms with van der Waals surface area (Å²) < 4.78 is 15.8. The van der Waals surface area contributed by atoms with Crippen LogP contribution < -0.4 is 10.6 Å². The van der Waals surface area contributed by atoms with Crippen LogP contribution >= 0.6 is 0 Å². The topological polar surface area (TPSA) is 71.7 Å². The van der Waals surface area contributed by atoms with Gasteiger partial charge in [-0.05, 0) is 49.1 Å². The van der Waals surface area contributed by atoms with E-state index in [4.69, 9.17) is 12.3 Å². The van der Waals surface area contributed by atoms with Crippen LogP contribution in [0.3, 0.4) is 0 Å². The first-order valence-corrected chi connectivity index (χ1v) is 9.58. The lowest BCUT2D eigenvalue weighted by molar-refractivity contribution is 0.203. The number of benzene rings is 2. The van der Waals surface area contributed by atoms with Crippen LogP contribution in [0.15, 0.2) is 48.5 Å². The van der Waals surface area contributed by atoms with E-state index in [9.17, 15) is 9.50 Å². The number of anilines is 2. The monoisotopic (exact) mass is 391 g/mol. The summed E-state index contributed by atoms with van der Waals surface area (Å²) in [4.78, 5) is 5.48.